The molecule has 0 amide bonds. The molecule has 0 aliphatic heterocycles. The van der Waals surface area contributed by atoms with Crippen LogP contribution >= 0.6 is 34.2 Å². The monoisotopic (exact) mass is 389 g/mol. The van der Waals surface area contributed by atoms with E-state index in [2.05, 4.69) is 32.6 Å². The van der Waals surface area contributed by atoms with E-state index in [1.54, 1.807) is 18.2 Å². The van der Waals surface area contributed by atoms with E-state index in [0.717, 1.165) is 9.26 Å². The van der Waals surface area contributed by atoms with Gasteiger partial charge in [-0.25, -0.2) is 9.97 Å². The van der Waals surface area contributed by atoms with Crippen LogP contribution in [-0.4, -0.2) is 14.9 Å². The van der Waals surface area contributed by atoms with Gasteiger partial charge in [0.15, 0.2) is 5.82 Å². The average Bonchev–Trinajstić information content (AvgIpc) is 2.41. The van der Waals surface area contributed by atoms with Gasteiger partial charge in [-0.05, 0) is 35.1 Å². The van der Waals surface area contributed by atoms with Gasteiger partial charge in [0.05, 0.1) is 19.8 Å². The molecule has 0 unspecified atom stereocenters. The molecule has 1 aromatic heterocycles. The summed E-state index contributed by atoms with van der Waals surface area (Å²) in [5, 5.41) is 11.3. The molecule has 98 valence electrons. The van der Waals surface area contributed by atoms with Crippen LogP contribution in [0.1, 0.15) is 12.6 Å². The lowest BCUT2D eigenvalue weighted by atomic mass is 10.1. The third-order valence-corrected chi connectivity index (χ3v) is 4.28. The summed E-state index contributed by atoms with van der Waals surface area (Å²) in [5.41, 5.74) is 1.14. The first-order chi connectivity index (χ1) is 9.04. The lowest BCUT2D eigenvalue weighted by molar-refractivity contribution is -0.384. The number of nitro groups is 1. The first-order valence-electron chi connectivity index (χ1n) is 5.50. The first kappa shape index (κ1) is 14.1. The van der Waals surface area contributed by atoms with E-state index < -0.39 is 4.92 Å². The molecule has 2 rings (SSSR count). The molecule has 0 fully saturated rings. The van der Waals surface area contributed by atoms with E-state index in [-0.39, 0.29) is 11.5 Å². The van der Waals surface area contributed by atoms with Crippen molar-refractivity contribution >= 4 is 39.9 Å². The third-order valence-electron chi connectivity index (χ3n) is 2.56. The van der Waals surface area contributed by atoms with Crippen LogP contribution in [-0.2, 0) is 6.42 Å². The Morgan fingerprint density at radius 3 is 2.68 bits per heavy atom. The van der Waals surface area contributed by atoms with E-state index in [1.165, 1.54) is 6.07 Å². The number of nitro benzene ring substituents is 1. The zero-order chi connectivity index (χ0) is 14.0. The fourth-order valence-electron chi connectivity index (χ4n) is 1.64. The van der Waals surface area contributed by atoms with Crippen LogP contribution in [0.2, 0.25) is 5.15 Å². The average molecular weight is 390 g/mol. The topological polar surface area (TPSA) is 68.9 Å². The number of aryl methyl sites for hydroxylation is 1. The van der Waals surface area contributed by atoms with Gasteiger partial charge >= 0.3 is 0 Å². The number of hydrogen-bond acceptors (Lipinski definition) is 4. The maximum Gasteiger partial charge on any atom is 0.280 e. The minimum absolute atomic E-state index is 0.0261. The highest BCUT2D eigenvalue weighted by Crippen LogP contribution is 2.29. The molecule has 0 spiro atoms. The third kappa shape index (κ3) is 2.84. The summed E-state index contributed by atoms with van der Waals surface area (Å²) in [7, 11) is 0. The van der Waals surface area contributed by atoms with E-state index in [0.29, 0.717) is 17.1 Å². The first-order valence-corrected chi connectivity index (χ1v) is 6.96. The van der Waals surface area contributed by atoms with Crippen LogP contribution in [0.4, 0.5) is 5.69 Å². The van der Waals surface area contributed by atoms with Crippen molar-refractivity contribution in [3.63, 3.8) is 0 Å². The minimum atomic E-state index is -0.448. The summed E-state index contributed by atoms with van der Waals surface area (Å²) in [6.45, 7) is 1.95. The standard InChI is InChI=1S/C12H9ClIN3O2/c1-2-8-10(14)11(13)16-12(15-8)7-5-3-4-6-9(7)17(18)19/h3-6H,2H2,1H3. The van der Waals surface area contributed by atoms with Crippen LogP contribution in [0.25, 0.3) is 11.4 Å². The van der Waals surface area contributed by atoms with E-state index in [9.17, 15) is 10.1 Å². The maximum atomic E-state index is 11.0. The second kappa shape index (κ2) is 5.79. The summed E-state index contributed by atoms with van der Waals surface area (Å²) in [6, 6.07) is 6.37. The minimum Gasteiger partial charge on any atom is -0.258 e. The highest BCUT2D eigenvalue weighted by atomic mass is 127. The predicted molar refractivity (Wildman–Crippen MR) is 81.2 cm³/mol. The number of benzene rings is 1. The molecule has 0 bridgehead atoms. The molecule has 2 aromatic rings. The molecule has 0 saturated carbocycles. The summed E-state index contributed by atoms with van der Waals surface area (Å²) in [5.74, 6) is 0.287. The summed E-state index contributed by atoms with van der Waals surface area (Å²) in [6.07, 6.45) is 0.689. The molecular formula is C12H9ClIN3O2. The summed E-state index contributed by atoms with van der Waals surface area (Å²) in [4.78, 5) is 19.1. The Morgan fingerprint density at radius 1 is 1.37 bits per heavy atom. The summed E-state index contributed by atoms with van der Waals surface area (Å²) < 4.78 is 0.782. The van der Waals surface area contributed by atoms with E-state index >= 15 is 0 Å². The van der Waals surface area contributed by atoms with Gasteiger partial charge in [-0.3, -0.25) is 10.1 Å². The van der Waals surface area contributed by atoms with Crippen LogP contribution < -0.4 is 0 Å². The fraction of sp³-hybridized carbons (Fsp3) is 0.167. The van der Waals surface area contributed by atoms with Crippen molar-refractivity contribution in [2.24, 2.45) is 0 Å². The molecule has 0 radical (unpaired) electrons. The second-order valence-electron chi connectivity index (χ2n) is 3.73. The van der Waals surface area contributed by atoms with Crippen molar-refractivity contribution < 1.29 is 4.92 Å². The molecule has 0 saturated heterocycles. The van der Waals surface area contributed by atoms with Gasteiger partial charge in [0.25, 0.3) is 5.69 Å². The zero-order valence-electron chi connectivity index (χ0n) is 9.93. The molecule has 0 atom stereocenters. The highest BCUT2D eigenvalue weighted by molar-refractivity contribution is 14.1. The van der Waals surface area contributed by atoms with Crippen molar-refractivity contribution in [1.82, 2.24) is 9.97 Å². The normalized spacial score (nSPS) is 10.5. The Labute approximate surface area is 128 Å². The van der Waals surface area contributed by atoms with Crippen LogP contribution in [0, 0.1) is 13.7 Å². The molecule has 5 nitrogen and oxygen atoms in total. The van der Waals surface area contributed by atoms with Gasteiger partial charge in [-0.2, -0.15) is 0 Å². The second-order valence-corrected chi connectivity index (χ2v) is 5.16. The van der Waals surface area contributed by atoms with Crippen molar-refractivity contribution in [2.75, 3.05) is 0 Å². The Morgan fingerprint density at radius 2 is 2.05 bits per heavy atom. The zero-order valence-corrected chi connectivity index (χ0v) is 12.8. The summed E-state index contributed by atoms with van der Waals surface area (Å²) >= 11 is 8.12. The molecular weight excluding hydrogens is 381 g/mol. The molecule has 1 heterocycles. The number of nitrogens with zero attached hydrogens (tertiary/aromatic N) is 3. The van der Waals surface area contributed by atoms with Crippen LogP contribution in [0.5, 0.6) is 0 Å². The Bertz CT molecular complexity index is 649. The number of para-hydroxylation sites is 1. The predicted octanol–water partition coefficient (Wildman–Crippen LogP) is 3.87. The SMILES string of the molecule is CCc1nc(-c2ccccc2[N+](=O)[O-])nc(Cl)c1I. The fourth-order valence-corrected chi connectivity index (χ4v) is 2.45. The van der Waals surface area contributed by atoms with Gasteiger partial charge in [-0.1, -0.05) is 30.7 Å². The molecule has 0 aliphatic rings. The van der Waals surface area contributed by atoms with Gasteiger partial charge in [0.2, 0.25) is 0 Å². The maximum absolute atomic E-state index is 11.0. The number of aromatic nitrogens is 2. The van der Waals surface area contributed by atoms with Crippen molar-refractivity contribution in [1.29, 1.82) is 0 Å². The van der Waals surface area contributed by atoms with E-state index in [1.807, 2.05) is 6.92 Å². The van der Waals surface area contributed by atoms with Gasteiger partial charge in [0, 0.05) is 6.07 Å². The van der Waals surface area contributed by atoms with Gasteiger partial charge in [0.1, 0.15) is 5.15 Å². The largest absolute Gasteiger partial charge is 0.280 e. The van der Waals surface area contributed by atoms with Crippen molar-refractivity contribution in [2.45, 2.75) is 13.3 Å². The molecule has 19 heavy (non-hydrogen) atoms. The Balaban J connectivity index is 2.66. The van der Waals surface area contributed by atoms with Crippen molar-refractivity contribution in [3.8, 4) is 11.4 Å². The lowest BCUT2D eigenvalue weighted by Gasteiger charge is -2.07. The van der Waals surface area contributed by atoms with Crippen LogP contribution in [0.3, 0.4) is 0 Å². The Hall–Kier alpha value is -1.28. The quantitative estimate of drug-likeness (QED) is 0.346. The highest BCUT2D eigenvalue weighted by Gasteiger charge is 2.19. The Kier molecular flexibility index (Phi) is 4.31. The molecule has 1 aromatic carbocycles. The molecule has 0 N–H and O–H groups in total. The molecule has 0 aliphatic carbocycles. The van der Waals surface area contributed by atoms with Crippen molar-refractivity contribution in [3.05, 3.63) is 48.8 Å². The molecule has 7 heteroatoms. The number of hydrogen-bond donors (Lipinski definition) is 0. The lowest BCUT2D eigenvalue weighted by Crippen LogP contribution is -2.01. The number of rotatable bonds is 3. The van der Waals surface area contributed by atoms with Crippen LogP contribution in [0.15, 0.2) is 24.3 Å². The van der Waals surface area contributed by atoms with E-state index in [4.69, 9.17) is 11.6 Å². The smallest absolute Gasteiger partial charge is 0.258 e. The van der Waals surface area contributed by atoms with Gasteiger partial charge in [-0.15, -0.1) is 0 Å². The number of halogens is 2. The van der Waals surface area contributed by atoms with Gasteiger partial charge < -0.3 is 0 Å².